The summed E-state index contributed by atoms with van der Waals surface area (Å²) in [5, 5.41) is 0. The molecule has 8 heteroatoms. The Morgan fingerprint density at radius 2 is 1.64 bits per heavy atom. The molecular weight excluding hydrogens is 308 g/mol. The summed E-state index contributed by atoms with van der Waals surface area (Å²) < 4.78 is 43.0. The number of aromatic nitrogens is 1. The van der Waals surface area contributed by atoms with Gasteiger partial charge in [-0.1, -0.05) is 6.07 Å². The fraction of sp³-hybridized carbons (Fsp3) is 0.214. The molecule has 0 atom stereocenters. The third-order valence-electron chi connectivity index (χ3n) is 2.84. The lowest BCUT2D eigenvalue weighted by Crippen LogP contribution is -2.16. The van der Waals surface area contributed by atoms with Crippen molar-refractivity contribution in [1.82, 2.24) is 4.98 Å². The molecule has 0 radical (unpaired) electrons. The Hall–Kier alpha value is -2.48. The summed E-state index contributed by atoms with van der Waals surface area (Å²) in [6, 6.07) is 7.84. The van der Waals surface area contributed by atoms with Crippen molar-refractivity contribution in [3.8, 4) is 17.2 Å². The molecule has 7 nitrogen and oxygen atoms in total. The molecule has 0 amide bonds. The van der Waals surface area contributed by atoms with Gasteiger partial charge in [-0.25, -0.2) is 13.4 Å². The number of rotatable bonds is 6. The molecule has 22 heavy (non-hydrogen) atoms. The first-order valence-electron chi connectivity index (χ1n) is 6.25. The van der Waals surface area contributed by atoms with Crippen LogP contribution >= 0.6 is 0 Å². The van der Waals surface area contributed by atoms with Gasteiger partial charge in [0.2, 0.25) is 0 Å². The van der Waals surface area contributed by atoms with Gasteiger partial charge < -0.3 is 14.2 Å². The molecule has 1 N–H and O–H groups in total. The molecule has 2 rings (SSSR count). The van der Waals surface area contributed by atoms with Crippen LogP contribution in [0.4, 0.5) is 5.82 Å². The number of hydrogen-bond donors (Lipinski definition) is 1. The molecule has 0 aliphatic rings. The van der Waals surface area contributed by atoms with Gasteiger partial charge in [0.05, 0.1) is 21.3 Å². The molecular formula is C14H16N2O5S. The van der Waals surface area contributed by atoms with E-state index >= 15 is 0 Å². The molecule has 0 spiro atoms. The minimum Gasteiger partial charge on any atom is -0.496 e. The van der Waals surface area contributed by atoms with Crippen LogP contribution in [-0.2, 0) is 10.0 Å². The maximum Gasteiger partial charge on any atom is 0.270 e. The first kappa shape index (κ1) is 15.9. The van der Waals surface area contributed by atoms with Crippen molar-refractivity contribution >= 4 is 15.8 Å². The van der Waals surface area contributed by atoms with Crippen LogP contribution in [-0.4, -0.2) is 34.7 Å². The summed E-state index contributed by atoms with van der Waals surface area (Å²) in [5.74, 6) is 0.840. The minimum absolute atomic E-state index is 0.111. The molecule has 0 saturated carbocycles. The van der Waals surface area contributed by atoms with E-state index in [0.717, 1.165) is 0 Å². The van der Waals surface area contributed by atoms with Gasteiger partial charge in [0.1, 0.15) is 23.1 Å². The zero-order valence-corrected chi connectivity index (χ0v) is 13.2. The zero-order chi connectivity index (χ0) is 16.2. The summed E-state index contributed by atoms with van der Waals surface area (Å²) in [7, 11) is 0.263. The molecule has 118 valence electrons. The summed E-state index contributed by atoms with van der Waals surface area (Å²) >= 11 is 0. The van der Waals surface area contributed by atoms with Gasteiger partial charge in [-0.15, -0.1) is 0 Å². The number of nitrogens with one attached hydrogen (secondary N) is 1. The third kappa shape index (κ3) is 3.22. The van der Waals surface area contributed by atoms with Crippen LogP contribution < -0.4 is 18.9 Å². The number of ether oxygens (including phenoxy) is 3. The topological polar surface area (TPSA) is 86.8 Å². The molecule has 2 aromatic rings. The molecule has 1 aromatic heterocycles. The van der Waals surface area contributed by atoms with E-state index in [1.807, 2.05) is 0 Å². The van der Waals surface area contributed by atoms with Gasteiger partial charge in [-0.05, 0) is 12.1 Å². The monoisotopic (exact) mass is 324 g/mol. The van der Waals surface area contributed by atoms with Crippen molar-refractivity contribution in [2.45, 2.75) is 4.90 Å². The van der Waals surface area contributed by atoms with E-state index in [-0.39, 0.29) is 22.2 Å². The van der Waals surface area contributed by atoms with Gasteiger partial charge in [-0.3, -0.25) is 4.72 Å². The Kier molecular flexibility index (Phi) is 4.71. The second-order valence-electron chi connectivity index (χ2n) is 4.18. The predicted octanol–water partition coefficient (Wildman–Crippen LogP) is 1.91. The van der Waals surface area contributed by atoms with E-state index in [1.54, 1.807) is 18.2 Å². The number of nitrogens with zero attached hydrogens (tertiary/aromatic N) is 1. The number of sulfonamides is 1. The largest absolute Gasteiger partial charge is 0.496 e. The fourth-order valence-electron chi connectivity index (χ4n) is 1.85. The smallest absolute Gasteiger partial charge is 0.270 e. The van der Waals surface area contributed by atoms with Crippen LogP contribution in [0.2, 0.25) is 0 Å². The van der Waals surface area contributed by atoms with Crippen LogP contribution in [0, 0.1) is 0 Å². The van der Waals surface area contributed by atoms with E-state index in [4.69, 9.17) is 14.2 Å². The van der Waals surface area contributed by atoms with Crippen LogP contribution in [0.5, 0.6) is 17.2 Å². The van der Waals surface area contributed by atoms with E-state index < -0.39 is 10.0 Å². The molecule has 1 heterocycles. The van der Waals surface area contributed by atoms with Crippen molar-refractivity contribution in [2.75, 3.05) is 26.1 Å². The van der Waals surface area contributed by atoms with E-state index in [1.165, 1.54) is 39.7 Å². The van der Waals surface area contributed by atoms with Crippen molar-refractivity contribution in [3.63, 3.8) is 0 Å². The van der Waals surface area contributed by atoms with Crippen molar-refractivity contribution < 1.29 is 22.6 Å². The van der Waals surface area contributed by atoms with E-state index in [9.17, 15) is 8.42 Å². The Morgan fingerprint density at radius 3 is 2.09 bits per heavy atom. The molecule has 0 unspecified atom stereocenters. The number of hydrogen-bond acceptors (Lipinski definition) is 6. The molecule has 0 fully saturated rings. The molecule has 0 bridgehead atoms. The maximum atomic E-state index is 12.6. The third-order valence-corrected chi connectivity index (χ3v) is 4.26. The summed E-state index contributed by atoms with van der Waals surface area (Å²) in [6.07, 6.45) is 1.49. The highest BCUT2D eigenvalue weighted by molar-refractivity contribution is 7.93. The van der Waals surface area contributed by atoms with Crippen molar-refractivity contribution in [1.29, 1.82) is 0 Å². The number of benzene rings is 1. The summed E-state index contributed by atoms with van der Waals surface area (Å²) in [5.41, 5.74) is 0. The van der Waals surface area contributed by atoms with Gasteiger partial charge in [0.15, 0.2) is 4.90 Å². The Balaban J connectivity index is 2.54. The first-order chi connectivity index (χ1) is 10.5. The Morgan fingerprint density at radius 1 is 1.00 bits per heavy atom. The number of anilines is 1. The van der Waals surface area contributed by atoms with Gasteiger partial charge in [0, 0.05) is 18.3 Å². The van der Waals surface area contributed by atoms with Gasteiger partial charge >= 0.3 is 0 Å². The van der Waals surface area contributed by atoms with Crippen LogP contribution in [0.3, 0.4) is 0 Å². The predicted molar refractivity (Wildman–Crippen MR) is 81.1 cm³/mol. The van der Waals surface area contributed by atoms with Gasteiger partial charge in [0.25, 0.3) is 10.0 Å². The Labute approximate surface area is 128 Å². The van der Waals surface area contributed by atoms with Crippen molar-refractivity contribution in [2.24, 2.45) is 0 Å². The van der Waals surface area contributed by atoms with Crippen LogP contribution in [0.15, 0.2) is 41.4 Å². The lowest BCUT2D eigenvalue weighted by atomic mass is 10.3. The standard InChI is InChI=1S/C14H16N2O5S/c1-19-10-8-11(20-2)14(12(9-10)21-3)22(17,18)16-13-6-4-5-7-15-13/h4-9H,1-3H3,(H,15,16). The normalized spacial score (nSPS) is 10.9. The van der Waals surface area contributed by atoms with Crippen LogP contribution in [0.1, 0.15) is 0 Å². The van der Waals surface area contributed by atoms with Crippen LogP contribution in [0.25, 0.3) is 0 Å². The fourth-order valence-corrected chi connectivity index (χ4v) is 3.16. The second-order valence-corrected chi connectivity index (χ2v) is 5.80. The molecule has 0 aliphatic heterocycles. The Bertz CT molecular complexity index is 722. The zero-order valence-electron chi connectivity index (χ0n) is 12.4. The average molecular weight is 324 g/mol. The van der Waals surface area contributed by atoms with E-state index in [2.05, 4.69) is 9.71 Å². The molecule has 0 aliphatic carbocycles. The summed E-state index contributed by atoms with van der Waals surface area (Å²) in [6.45, 7) is 0. The molecule has 1 aromatic carbocycles. The number of methoxy groups -OCH3 is 3. The number of pyridine rings is 1. The second kappa shape index (κ2) is 6.52. The maximum absolute atomic E-state index is 12.6. The first-order valence-corrected chi connectivity index (χ1v) is 7.74. The lowest BCUT2D eigenvalue weighted by Gasteiger charge is -2.15. The van der Waals surface area contributed by atoms with Gasteiger partial charge in [-0.2, -0.15) is 0 Å². The average Bonchev–Trinajstić information content (AvgIpc) is 2.53. The summed E-state index contributed by atoms with van der Waals surface area (Å²) in [4.78, 5) is 3.82. The quantitative estimate of drug-likeness (QED) is 0.873. The highest BCUT2D eigenvalue weighted by atomic mass is 32.2. The minimum atomic E-state index is -3.94. The highest BCUT2D eigenvalue weighted by Gasteiger charge is 2.26. The SMILES string of the molecule is COc1cc(OC)c(S(=O)(=O)Nc2ccccn2)c(OC)c1. The molecule has 0 saturated heterocycles. The van der Waals surface area contributed by atoms with E-state index in [0.29, 0.717) is 5.75 Å². The highest BCUT2D eigenvalue weighted by Crippen LogP contribution is 2.38. The van der Waals surface area contributed by atoms with Crippen molar-refractivity contribution in [3.05, 3.63) is 36.5 Å². The lowest BCUT2D eigenvalue weighted by molar-refractivity contribution is 0.359.